The van der Waals surface area contributed by atoms with E-state index in [1.54, 1.807) is 38.2 Å². The first-order valence-corrected chi connectivity index (χ1v) is 14.4. The summed E-state index contributed by atoms with van der Waals surface area (Å²) < 4.78 is 32.0. The number of rotatable bonds is 3. The monoisotopic (exact) mass is 577 g/mol. The molecule has 3 saturated carbocycles. The van der Waals surface area contributed by atoms with Gasteiger partial charge in [0.2, 0.25) is 0 Å². The van der Waals surface area contributed by atoms with Crippen LogP contribution >= 0.6 is 23.4 Å². The SMILES string of the molecule is C#CCSC(=O)[C@H]1CCC2[C@@H]3C[C@H](F)C4=CC(=O)C=C[C@]4(C)[C@@]3(F)[C@@H](O)C[C@@]21C.CN(O)c1ccc(Cl)cc1. The highest BCUT2D eigenvalue weighted by molar-refractivity contribution is 8.13. The van der Waals surface area contributed by atoms with Crippen LogP contribution in [0, 0.1) is 40.9 Å². The Hall–Kier alpha value is -2.18. The van der Waals surface area contributed by atoms with Crippen LogP contribution in [0.25, 0.3) is 0 Å². The molecule has 1 unspecified atom stereocenters. The number of hydroxylamine groups is 1. The number of alkyl halides is 2. The maximum Gasteiger partial charge on any atom is 0.193 e. The van der Waals surface area contributed by atoms with E-state index >= 15 is 8.78 Å². The normalized spacial score (nSPS) is 38.3. The van der Waals surface area contributed by atoms with Crippen LogP contribution in [0.1, 0.15) is 39.5 Å². The van der Waals surface area contributed by atoms with E-state index in [2.05, 4.69) is 5.92 Å². The predicted molar refractivity (Wildman–Crippen MR) is 150 cm³/mol. The lowest BCUT2D eigenvalue weighted by Crippen LogP contribution is -2.68. The maximum absolute atomic E-state index is 16.8. The van der Waals surface area contributed by atoms with Crippen molar-refractivity contribution in [2.24, 2.45) is 28.6 Å². The topological polar surface area (TPSA) is 77.8 Å². The van der Waals surface area contributed by atoms with E-state index in [1.807, 2.05) is 6.92 Å². The summed E-state index contributed by atoms with van der Waals surface area (Å²) in [6.07, 6.45) is 7.68. The van der Waals surface area contributed by atoms with Crippen molar-refractivity contribution < 1.29 is 28.7 Å². The first-order valence-electron chi connectivity index (χ1n) is 13.0. The molecule has 1 aromatic rings. The Balaban J connectivity index is 0.000000298. The second kappa shape index (κ2) is 11.0. The molecule has 2 N–H and O–H groups in total. The minimum Gasteiger partial charge on any atom is -0.390 e. The average molecular weight is 578 g/mol. The number of ketones is 1. The summed E-state index contributed by atoms with van der Waals surface area (Å²) in [4.78, 5) is 24.6. The number of aliphatic hydroxyl groups excluding tert-OH is 1. The van der Waals surface area contributed by atoms with Gasteiger partial charge in [-0.2, -0.15) is 0 Å². The Labute approximate surface area is 237 Å². The quantitative estimate of drug-likeness (QED) is 0.340. The molecule has 210 valence electrons. The van der Waals surface area contributed by atoms with Gasteiger partial charge < -0.3 is 5.11 Å². The van der Waals surface area contributed by atoms with Crippen molar-refractivity contribution in [3.05, 3.63) is 53.1 Å². The summed E-state index contributed by atoms with van der Waals surface area (Å²) in [7, 11) is 1.56. The third kappa shape index (κ3) is 4.97. The highest BCUT2D eigenvalue weighted by Crippen LogP contribution is 2.69. The van der Waals surface area contributed by atoms with E-state index in [0.29, 0.717) is 17.9 Å². The smallest absolute Gasteiger partial charge is 0.193 e. The van der Waals surface area contributed by atoms with Crippen LogP contribution in [0.15, 0.2) is 48.1 Å². The van der Waals surface area contributed by atoms with Gasteiger partial charge in [0, 0.05) is 29.3 Å². The standard InChI is InChI=1S/C23H26F2O3S.C7H8ClNO/c1-4-9-29-20(28)15-6-5-14-16-11-18(24)17-10-13(26)7-8-22(17,3)23(16,25)19(27)12-21(14,15)2;1-9(10)7-4-2-6(8)3-5-7/h1,7-8,10,14-16,18-19,27H,5-6,9,11-12H2,2-3H3;2-5,10H,1H3/t14?,15-,16+,18+,19+,21+,22+,23+;/m1./s1. The van der Waals surface area contributed by atoms with Gasteiger partial charge in [-0.25, -0.2) is 8.78 Å². The molecule has 0 spiro atoms. The van der Waals surface area contributed by atoms with Crippen molar-refractivity contribution in [1.82, 2.24) is 0 Å². The van der Waals surface area contributed by atoms with E-state index in [-0.39, 0.29) is 46.9 Å². The fraction of sp³-hybridized carbons (Fsp3) is 0.533. The zero-order chi connectivity index (χ0) is 28.8. The Morgan fingerprint density at radius 3 is 2.54 bits per heavy atom. The maximum atomic E-state index is 16.8. The van der Waals surface area contributed by atoms with Gasteiger partial charge in [0.1, 0.15) is 6.17 Å². The number of nitrogens with zero attached hydrogens (tertiary/aromatic N) is 1. The molecule has 5 rings (SSSR count). The van der Waals surface area contributed by atoms with Gasteiger partial charge >= 0.3 is 0 Å². The molecule has 9 heteroatoms. The highest BCUT2D eigenvalue weighted by Gasteiger charge is 2.72. The minimum absolute atomic E-state index is 0.0194. The second-order valence-electron chi connectivity index (χ2n) is 11.4. The molecule has 0 heterocycles. The van der Waals surface area contributed by atoms with Crippen molar-refractivity contribution in [1.29, 1.82) is 0 Å². The lowest BCUT2D eigenvalue weighted by Gasteiger charge is -2.62. The van der Waals surface area contributed by atoms with Gasteiger partial charge in [0.05, 0.1) is 17.5 Å². The molecule has 39 heavy (non-hydrogen) atoms. The van der Waals surface area contributed by atoms with E-state index in [0.717, 1.165) is 22.5 Å². The lowest BCUT2D eigenvalue weighted by molar-refractivity contribution is -0.201. The Morgan fingerprint density at radius 1 is 1.26 bits per heavy atom. The molecular weight excluding hydrogens is 544 g/mol. The third-order valence-corrected chi connectivity index (χ3v) is 10.5. The predicted octanol–water partition coefficient (Wildman–Crippen LogP) is 5.98. The summed E-state index contributed by atoms with van der Waals surface area (Å²) in [5, 5.41) is 21.7. The molecule has 0 radical (unpaired) electrons. The van der Waals surface area contributed by atoms with Crippen molar-refractivity contribution in [2.45, 2.75) is 57.5 Å². The van der Waals surface area contributed by atoms with E-state index < -0.39 is 34.7 Å². The molecule has 3 fully saturated rings. The van der Waals surface area contributed by atoms with Crippen LogP contribution in [-0.2, 0) is 9.59 Å². The van der Waals surface area contributed by atoms with Crippen molar-refractivity contribution in [3.8, 4) is 12.3 Å². The number of fused-ring (bicyclic) bond motifs is 5. The fourth-order valence-corrected chi connectivity index (χ4v) is 8.40. The zero-order valence-electron chi connectivity index (χ0n) is 22.2. The van der Waals surface area contributed by atoms with Crippen molar-refractivity contribution in [3.63, 3.8) is 0 Å². The third-order valence-electron chi connectivity index (χ3n) is 9.41. The molecule has 0 amide bonds. The van der Waals surface area contributed by atoms with Gasteiger partial charge in [-0.3, -0.25) is 19.9 Å². The van der Waals surface area contributed by atoms with Crippen LogP contribution in [0.5, 0.6) is 0 Å². The van der Waals surface area contributed by atoms with Crippen LogP contribution in [0.2, 0.25) is 5.02 Å². The Kier molecular flexibility index (Phi) is 8.41. The van der Waals surface area contributed by atoms with Crippen LogP contribution in [0.4, 0.5) is 14.5 Å². The van der Waals surface area contributed by atoms with E-state index in [9.17, 15) is 14.7 Å². The molecule has 8 atom stereocenters. The number of benzene rings is 1. The van der Waals surface area contributed by atoms with Gasteiger partial charge in [0.15, 0.2) is 16.6 Å². The van der Waals surface area contributed by atoms with E-state index in [4.69, 9.17) is 23.2 Å². The Morgan fingerprint density at radius 2 is 1.92 bits per heavy atom. The minimum atomic E-state index is -2.08. The fourth-order valence-electron chi connectivity index (χ4n) is 7.46. The molecule has 0 saturated heterocycles. The number of halogens is 3. The number of anilines is 1. The largest absolute Gasteiger partial charge is 0.390 e. The van der Waals surface area contributed by atoms with Gasteiger partial charge in [-0.1, -0.05) is 42.3 Å². The van der Waals surface area contributed by atoms with Crippen LogP contribution in [0.3, 0.4) is 0 Å². The highest BCUT2D eigenvalue weighted by atomic mass is 35.5. The van der Waals surface area contributed by atoms with E-state index in [1.165, 1.54) is 18.2 Å². The number of hydrogen-bond donors (Lipinski definition) is 2. The summed E-state index contributed by atoms with van der Waals surface area (Å²) >= 11 is 6.71. The van der Waals surface area contributed by atoms with Gasteiger partial charge in [0.25, 0.3) is 0 Å². The first kappa shape index (κ1) is 29.8. The zero-order valence-corrected chi connectivity index (χ0v) is 23.8. The molecule has 4 aliphatic rings. The molecule has 5 nitrogen and oxygen atoms in total. The van der Waals surface area contributed by atoms with Gasteiger partial charge in [-0.15, -0.1) is 6.42 Å². The molecule has 4 aliphatic carbocycles. The molecule has 0 aromatic heterocycles. The number of thioether (sulfide) groups is 1. The van der Waals surface area contributed by atoms with Crippen molar-refractivity contribution >= 4 is 39.9 Å². The van der Waals surface area contributed by atoms with Crippen LogP contribution in [-0.4, -0.2) is 52.0 Å². The second-order valence-corrected chi connectivity index (χ2v) is 12.8. The lowest BCUT2D eigenvalue weighted by atomic mass is 9.45. The number of aliphatic hydroxyl groups is 1. The number of carbonyl (C=O) groups excluding carboxylic acids is 2. The molecule has 0 bridgehead atoms. The summed E-state index contributed by atoms with van der Waals surface area (Å²) in [5.74, 6) is 1.13. The van der Waals surface area contributed by atoms with Gasteiger partial charge in [-0.05, 0) is 85.9 Å². The number of hydrogen-bond acceptors (Lipinski definition) is 6. The average Bonchev–Trinajstić information content (AvgIpc) is 3.22. The number of allylic oxidation sites excluding steroid dienone is 4. The van der Waals surface area contributed by atoms with Crippen molar-refractivity contribution in [2.75, 3.05) is 17.9 Å². The Bertz CT molecular complexity index is 1230. The van der Waals surface area contributed by atoms with Crippen LogP contribution < -0.4 is 5.06 Å². The summed E-state index contributed by atoms with van der Waals surface area (Å²) in [6, 6.07) is 6.93. The molecule has 1 aromatic carbocycles. The first-order chi connectivity index (χ1) is 18.3. The number of terminal acetylenes is 1. The summed E-state index contributed by atoms with van der Waals surface area (Å²) in [6.45, 7) is 3.53. The molecule has 0 aliphatic heterocycles. The summed E-state index contributed by atoms with van der Waals surface area (Å²) in [5.41, 5.74) is -3.19. The molecular formula is C30H34ClF2NO4S. The number of carbonyl (C=O) groups is 2.